The van der Waals surface area contributed by atoms with Gasteiger partial charge in [-0.15, -0.1) is 11.8 Å². The van der Waals surface area contributed by atoms with Gasteiger partial charge >= 0.3 is 5.69 Å². The third-order valence-corrected chi connectivity index (χ3v) is 6.32. The van der Waals surface area contributed by atoms with Gasteiger partial charge in [-0.2, -0.15) is 0 Å². The van der Waals surface area contributed by atoms with Crippen LogP contribution in [-0.4, -0.2) is 35.3 Å². The van der Waals surface area contributed by atoms with E-state index in [1.165, 1.54) is 4.57 Å². The van der Waals surface area contributed by atoms with E-state index in [9.17, 15) is 14.4 Å². The van der Waals surface area contributed by atoms with Crippen molar-refractivity contribution in [2.24, 2.45) is 5.92 Å². The summed E-state index contributed by atoms with van der Waals surface area (Å²) in [4.78, 5) is 41.8. The number of allylic oxidation sites excluding steroid dienone is 2. The molecule has 2 heterocycles. The molecule has 0 fully saturated rings. The number of H-pyrrole nitrogens is 1. The van der Waals surface area contributed by atoms with E-state index in [1.54, 1.807) is 18.9 Å². The first kappa shape index (κ1) is 19.7. The van der Waals surface area contributed by atoms with E-state index in [-0.39, 0.29) is 5.78 Å². The molecule has 2 atom stereocenters. The van der Waals surface area contributed by atoms with Gasteiger partial charge in [0.2, 0.25) is 0 Å². The highest BCUT2D eigenvalue weighted by atomic mass is 32.2. The largest absolute Gasteiger partial charge is 0.383 e. The van der Waals surface area contributed by atoms with Crippen LogP contribution in [0.2, 0.25) is 0 Å². The maximum atomic E-state index is 12.9. The average molecular weight is 413 g/mol. The van der Waals surface area contributed by atoms with E-state index in [0.29, 0.717) is 37.4 Å². The van der Waals surface area contributed by atoms with Crippen molar-refractivity contribution in [2.45, 2.75) is 30.2 Å². The van der Waals surface area contributed by atoms with Gasteiger partial charge in [0.1, 0.15) is 11.6 Å². The SMILES string of the molecule is COCCn1c2c(c(=O)[nH]c1=O)[C@H](c1ccc(SC)cc1)[C@H]1C(=O)CCC=C1N2. The van der Waals surface area contributed by atoms with Gasteiger partial charge in [0.05, 0.1) is 24.6 Å². The fraction of sp³-hybridized carbons (Fsp3) is 0.381. The minimum Gasteiger partial charge on any atom is -0.383 e. The van der Waals surface area contributed by atoms with Crippen LogP contribution in [0.4, 0.5) is 5.82 Å². The third-order valence-electron chi connectivity index (χ3n) is 5.57. The molecule has 0 saturated heterocycles. The highest BCUT2D eigenvalue weighted by Gasteiger charge is 2.42. The molecule has 0 saturated carbocycles. The van der Waals surface area contributed by atoms with Crippen LogP contribution in [0.5, 0.6) is 0 Å². The van der Waals surface area contributed by atoms with Crippen molar-refractivity contribution in [3.63, 3.8) is 0 Å². The van der Waals surface area contributed by atoms with Gasteiger partial charge in [-0.05, 0) is 30.4 Å². The van der Waals surface area contributed by atoms with Gasteiger partial charge < -0.3 is 10.1 Å². The van der Waals surface area contributed by atoms with Gasteiger partial charge in [0, 0.05) is 30.0 Å². The number of ketones is 1. The summed E-state index contributed by atoms with van der Waals surface area (Å²) in [5.74, 6) is -0.342. The molecule has 4 rings (SSSR count). The Morgan fingerprint density at radius 3 is 2.62 bits per heavy atom. The molecule has 0 unspecified atom stereocenters. The number of carbonyl (C=O) groups is 1. The molecule has 2 aromatic rings. The Hall–Kier alpha value is -2.58. The second-order valence-corrected chi connectivity index (χ2v) is 8.06. The number of nitrogens with one attached hydrogen (secondary N) is 2. The average Bonchev–Trinajstić information content (AvgIpc) is 2.72. The lowest BCUT2D eigenvalue weighted by molar-refractivity contribution is -0.122. The van der Waals surface area contributed by atoms with Crippen LogP contribution in [0.25, 0.3) is 0 Å². The molecule has 0 bridgehead atoms. The smallest absolute Gasteiger partial charge is 0.330 e. The number of anilines is 1. The molecule has 0 spiro atoms. The molecular weight excluding hydrogens is 390 g/mol. The number of nitrogens with zero attached hydrogens (tertiary/aromatic N) is 1. The number of hydrogen-bond acceptors (Lipinski definition) is 6. The van der Waals surface area contributed by atoms with Crippen molar-refractivity contribution < 1.29 is 9.53 Å². The van der Waals surface area contributed by atoms with Crippen molar-refractivity contribution in [2.75, 3.05) is 25.3 Å². The van der Waals surface area contributed by atoms with Crippen LogP contribution in [0.1, 0.15) is 29.9 Å². The van der Waals surface area contributed by atoms with Gasteiger partial charge in [-0.3, -0.25) is 19.1 Å². The topological polar surface area (TPSA) is 93.2 Å². The molecule has 0 radical (unpaired) electrons. The van der Waals surface area contributed by atoms with Crippen LogP contribution in [0.15, 0.2) is 50.5 Å². The number of methoxy groups -OCH3 is 1. The van der Waals surface area contributed by atoms with Gasteiger partial charge in [-0.25, -0.2) is 4.79 Å². The quantitative estimate of drug-likeness (QED) is 0.731. The van der Waals surface area contributed by atoms with Crippen LogP contribution in [0.3, 0.4) is 0 Å². The summed E-state index contributed by atoms with van der Waals surface area (Å²) in [5.41, 5.74) is 1.14. The summed E-state index contributed by atoms with van der Waals surface area (Å²) >= 11 is 1.63. The minimum absolute atomic E-state index is 0.105. The number of aromatic nitrogens is 2. The van der Waals surface area contributed by atoms with E-state index in [4.69, 9.17) is 4.74 Å². The predicted molar refractivity (Wildman–Crippen MR) is 113 cm³/mol. The second kappa shape index (κ2) is 8.04. The predicted octanol–water partition coefficient (Wildman–Crippen LogP) is 2.33. The van der Waals surface area contributed by atoms with Gasteiger partial charge in [0.25, 0.3) is 5.56 Å². The summed E-state index contributed by atoms with van der Waals surface area (Å²) < 4.78 is 6.62. The number of hydrogen-bond donors (Lipinski definition) is 2. The zero-order chi connectivity index (χ0) is 20.5. The summed E-state index contributed by atoms with van der Waals surface area (Å²) in [6, 6.07) is 7.92. The number of ether oxygens (including phenoxy) is 1. The molecular formula is C21H23N3O4S. The van der Waals surface area contributed by atoms with E-state index >= 15 is 0 Å². The number of fused-ring (bicyclic) bond motifs is 2. The van der Waals surface area contributed by atoms with Crippen molar-refractivity contribution in [1.29, 1.82) is 0 Å². The summed E-state index contributed by atoms with van der Waals surface area (Å²) in [7, 11) is 1.56. The summed E-state index contributed by atoms with van der Waals surface area (Å²) in [6.07, 6.45) is 5.10. The summed E-state index contributed by atoms with van der Waals surface area (Å²) in [5, 5.41) is 3.23. The van der Waals surface area contributed by atoms with E-state index in [1.807, 2.05) is 36.6 Å². The van der Waals surface area contributed by atoms with Gasteiger partial charge in [0.15, 0.2) is 0 Å². The Balaban J connectivity index is 1.96. The monoisotopic (exact) mass is 413 g/mol. The van der Waals surface area contributed by atoms with E-state index < -0.39 is 23.1 Å². The Kier molecular flexibility index (Phi) is 5.47. The Morgan fingerprint density at radius 2 is 1.93 bits per heavy atom. The molecule has 7 nitrogen and oxygen atoms in total. The Morgan fingerprint density at radius 1 is 1.17 bits per heavy atom. The fourth-order valence-electron chi connectivity index (χ4n) is 4.20. The van der Waals surface area contributed by atoms with Crippen LogP contribution >= 0.6 is 11.8 Å². The van der Waals surface area contributed by atoms with Gasteiger partial charge in [-0.1, -0.05) is 18.2 Å². The minimum atomic E-state index is -0.490. The molecule has 29 heavy (non-hydrogen) atoms. The van der Waals surface area contributed by atoms with Crippen LogP contribution in [-0.2, 0) is 16.1 Å². The fourth-order valence-corrected chi connectivity index (χ4v) is 4.61. The number of rotatable bonds is 5. The zero-order valence-corrected chi connectivity index (χ0v) is 17.2. The first-order valence-electron chi connectivity index (χ1n) is 9.54. The zero-order valence-electron chi connectivity index (χ0n) is 16.4. The number of aromatic amines is 1. The molecule has 1 aromatic heterocycles. The summed E-state index contributed by atoms with van der Waals surface area (Å²) in [6.45, 7) is 0.625. The normalized spacial score (nSPS) is 20.5. The van der Waals surface area contributed by atoms with Crippen LogP contribution in [0, 0.1) is 5.92 Å². The number of thioether (sulfide) groups is 1. The van der Waals surface area contributed by atoms with E-state index in [0.717, 1.165) is 16.2 Å². The van der Waals surface area contributed by atoms with Crippen molar-refractivity contribution >= 4 is 23.4 Å². The number of Topliss-reactive ketones (excluding diaryl/α,β-unsaturated/α-hetero) is 1. The standard InChI is InChI=1S/C21H23N3O4S/c1-28-11-10-24-19-18(20(26)23-21(24)27)16(12-6-8-13(29-2)9-7-12)17-14(22-19)4-3-5-15(17)25/h4,6-9,16-17,22H,3,5,10-11H2,1-2H3,(H,23,26,27)/t16-,17-/m1/s1. The second-order valence-electron chi connectivity index (χ2n) is 7.18. The first-order valence-corrected chi connectivity index (χ1v) is 10.8. The number of benzene rings is 1. The number of carbonyl (C=O) groups excluding carboxylic acids is 1. The maximum Gasteiger partial charge on any atom is 0.330 e. The van der Waals surface area contributed by atoms with Crippen LogP contribution < -0.4 is 16.6 Å². The molecule has 0 amide bonds. The Labute approximate surface area is 172 Å². The highest BCUT2D eigenvalue weighted by molar-refractivity contribution is 7.98. The van der Waals surface area contributed by atoms with E-state index in [2.05, 4.69) is 10.3 Å². The van der Waals surface area contributed by atoms with Crippen molar-refractivity contribution in [1.82, 2.24) is 9.55 Å². The first-order chi connectivity index (χ1) is 14.0. The molecule has 2 aliphatic rings. The lowest BCUT2D eigenvalue weighted by Gasteiger charge is -2.38. The maximum absolute atomic E-state index is 12.9. The Bertz CT molecular complexity index is 1080. The molecule has 2 N–H and O–H groups in total. The molecule has 152 valence electrons. The molecule has 1 aromatic carbocycles. The molecule has 1 aliphatic heterocycles. The lowest BCUT2D eigenvalue weighted by Crippen LogP contribution is -2.44. The third kappa shape index (κ3) is 3.47. The highest BCUT2D eigenvalue weighted by Crippen LogP contribution is 2.45. The molecule has 1 aliphatic carbocycles. The molecule has 8 heteroatoms. The van der Waals surface area contributed by atoms with Crippen molar-refractivity contribution in [3.8, 4) is 0 Å². The van der Waals surface area contributed by atoms with Crippen molar-refractivity contribution in [3.05, 3.63) is 68.0 Å². The lowest BCUT2D eigenvalue weighted by atomic mass is 9.72.